The molecular formula is C20H20ClF3N4O. The summed E-state index contributed by atoms with van der Waals surface area (Å²) in [5.41, 5.74) is 0.305. The van der Waals surface area contributed by atoms with Gasteiger partial charge in [-0.15, -0.1) is 0 Å². The number of anilines is 2. The second-order valence-electron chi connectivity index (χ2n) is 6.82. The fraction of sp³-hybridized carbons (Fsp3) is 0.300. The van der Waals surface area contributed by atoms with Gasteiger partial charge in [0.25, 0.3) is 0 Å². The van der Waals surface area contributed by atoms with E-state index >= 15 is 0 Å². The van der Waals surface area contributed by atoms with Crippen molar-refractivity contribution in [1.29, 1.82) is 0 Å². The highest BCUT2D eigenvalue weighted by atomic mass is 35.5. The minimum Gasteiger partial charge on any atom is -0.351 e. The van der Waals surface area contributed by atoms with Gasteiger partial charge >= 0.3 is 12.2 Å². The number of rotatable bonds is 3. The molecule has 0 aliphatic carbocycles. The maximum atomic E-state index is 12.8. The summed E-state index contributed by atoms with van der Waals surface area (Å²) in [7, 11) is 0. The van der Waals surface area contributed by atoms with Crippen LogP contribution in [0.25, 0.3) is 0 Å². The van der Waals surface area contributed by atoms with Gasteiger partial charge in [-0.2, -0.15) is 13.2 Å². The van der Waals surface area contributed by atoms with Gasteiger partial charge in [-0.3, -0.25) is 0 Å². The van der Waals surface area contributed by atoms with Crippen LogP contribution in [0.5, 0.6) is 0 Å². The zero-order valence-electron chi connectivity index (χ0n) is 15.7. The number of amides is 2. The number of benzene rings is 1. The number of hydrogen-bond donors (Lipinski definition) is 1. The van der Waals surface area contributed by atoms with Crippen LogP contribution in [0.4, 0.5) is 29.5 Å². The van der Waals surface area contributed by atoms with Crippen LogP contribution in [0, 0.1) is 0 Å². The molecule has 1 aromatic carbocycles. The van der Waals surface area contributed by atoms with Gasteiger partial charge in [0.2, 0.25) is 0 Å². The van der Waals surface area contributed by atoms with Gasteiger partial charge in [0, 0.05) is 31.5 Å². The Bertz CT molecular complexity index is 901. The molecule has 2 amide bonds. The van der Waals surface area contributed by atoms with Crippen molar-refractivity contribution >= 4 is 29.1 Å². The Kier molecular flexibility index (Phi) is 6.02. The van der Waals surface area contributed by atoms with Crippen molar-refractivity contribution in [3.05, 3.63) is 65.3 Å². The second kappa shape index (κ2) is 8.32. The number of urea groups is 1. The van der Waals surface area contributed by atoms with Crippen molar-refractivity contribution in [1.82, 2.24) is 9.88 Å². The van der Waals surface area contributed by atoms with Crippen LogP contribution in [0.3, 0.4) is 0 Å². The smallest absolute Gasteiger partial charge is 0.351 e. The monoisotopic (exact) mass is 424 g/mol. The number of hydrogen-bond acceptors (Lipinski definition) is 3. The van der Waals surface area contributed by atoms with Crippen LogP contribution in [-0.4, -0.2) is 41.6 Å². The lowest BCUT2D eigenvalue weighted by atomic mass is 10.1. The maximum absolute atomic E-state index is 12.8. The Labute approximate surface area is 171 Å². The molecule has 0 bridgehead atoms. The summed E-state index contributed by atoms with van der Waals surface area (Å²) < 4.78 is 38.1. The topological polar surface area (TPSA) is 48.5 Å². The van der Waals surface area contributed by atoms with Gasteiger partial charge < -0.3 is 15.1 Å². The molecule has 1 aliphatic rings. The van der Waals surface area contributed by atoms with Crippen molar-refractivity contribution < 1.29 is 18.0 Å². The van der Waals surface area contributed by atoms with Crippen molar-refractivity contribution in [2.75, 3.05) is 29.9 Å². The number of nitrogens with zero attached hydrogens (tertiary/aromatic N) is 3. The third-order valence-corrected chi connectivity index (χ3v) is 5.01. The number of pyridine rings is 1. The third-order valence-electron chi connectivity index (χ3n) is 4.71. The maximum Gasteiger partial charge on any atom is 0.416 e. The fourth-order valence-corrected chi connectivity index (χ4v) is 3.43. The number of carbonyl (C=O) groups excluding carboxylic acids is 1. The number of alkyl halides is 3. The molecule has 1 N–H and O–H groups in total. The summed E-state index contributed by atoms with van der Waals surface area (Å²) in [6.07, 6.45) is -2.77. The first kappa shape index (κ1) is 21.0. The van der Waals surface area contributed by atoms with Crippen LogP contribution in [0.2, 0.25) is 5.02 Å². The lowest BCUT2D eigenvalue weighted by Crippen LogP contribution is -2.57. The highest BCUT2D eigenvalue weighted by Gasteiger charge is 2.33. The molecule has 154 valence electrons. The Morgan fingerprint density at radius 3 is 2.52 bits per heavy atom. The molecule has 9 heteroatoms. The van der Waals surface area contributed by atoms with Gasteiger partial charge in [-0.05, 0) is 43.3 Å². The number of aromatic nitrogens is 1. The minimum atomic E-state index is -4.42. The van der Waals surface area contributed by atoms with Gasteiger partial charge in [0.1, 0.15) is 5.82 Å². The van der Waals surface area contributed by atoms with E-state index in [0.717, 1.165) is 17.7 Å². The van der Waals surface area contributed by atoms with E-state index in [9.17, 15) is 18.0 Å². The molecular weight excluding hydrogens is 405 g/mol. The fourth-order valence-electron chi connectivity index (χ4n) is 3.19. The van der Waals surface area contributed by atoms with Gasteiger partial charge in [0.15, 0.2) is 0 Å². The largest absolute Gasteiger partial charge is 0.416 e. The highest BCUT2D eigenvalue weighted by Crippen LogP contribution is 2.30. The summed E-state index contributed by atoms with van der Waals surface area (Å²) in [5.74, 6) is 0.642. The van der Waals surface area contributed by atoms with E-state index in [-0.39, 0.29) is 6.04 Å². The molecule has 0 spiro atoms. The standard InChI is InChI=1S/C20H20ClF3N4O/c1-13(2)17-12-27(18-16(21)4-3-9-25-18)10-11-28(17)19(29)26-15-7-5-14(6-8-15)20(22,23)24/h3-9,17H,1,10-12H2,2H3,(H,26,29). The van der Waals surface area contributed by atoms with E-state index in [4.69, 9.17) is 11.6 Å². The molecule has 5 nitrogen and oxygen atoms in total. The molecule has 1 aliphatic heterocycles. The molecule has 0 radical (unpaired) electrons. The van der Waals surface area contributed by atoms with Crippen LogP contribution >= 0.6 is 11.6 Å². The van der Waals surface area contributed by atoms with Crippen LogP contribution < -0.4 is 10.2 Å². The molecule has 1 saturated heterocycles. The molecule has 1 aromatic heterocycles. The predicted octanol–water partition coefficient (Wildman–Crippen LogP) is 5.05. The number of carbonyl (C=O) groups is 1. The Morgan fingerprint density at radius 1 is 1.24 bits per heavy atom. The highest BCUT2D eigenvalue weighted by molar-refractivity contribution is 6.32. The summed E-state index contributed by atoms with van der Waals surface area (Å²) in [6.45, 7) is 7.17. The van der Waals surface area contributed by atoms with Gasteiger partial charge in [-0.25, -0.2) is 9.78 Å². The van der Waals surface area contributed by atoms with E-state index in [1.165, 1.54) is 12.1 Å². The molecule has 0 saturated carbocycles. The normalized spacial score (nSPS) is 17.2. The zero-order valence-corrected chi connectivity index (χ0v) is 16.5. The van der Waals surface area contributed by atoms with E-state index in [2.05, 4.69) is 16.9 Å². The first-order valence-electron chi connectivity index (χ1n) is 8.92. The molecule has 2 aromatic rings. The van der Waals surface area contributed by atoms with E-state index < -0.39 is 17.8 Å². The van der Waals surface area contributed by atoms with Crippen molar-refractivity contribution in [2.24, 2.45) is 0 Å². The Balaban J connectivity index is 1.72. The zero-order chi connectivity index (χ0) is 21.2. The first-order chi connectivity index (χ1) is 13.7. The van der Waals surface area contributed by atoms with E-state index in [1.54, 1.807) is 23.2 Å². The van der Waals surface area contributed by atoms with E-state index in [1.807, 2.05) is 11.8 Å². The molecule has 1 unspecified atom stereocenters. The lowest BCUT2D eigenvalue weighted by molar-refractivity contribution is -0.137. The summed E-state index contributed by atoms with van der Waals surface area (Å²) in [4.78, 5) is 20.7. The molecule has 1 atom stereocenters. The Hall–Kier alpha value is -2.74. The summed E-state index contributed by atoms with van der Waals surface area (Å²) in [6, 6.07) is 7.15. The molecule has 2 heterocycles. The first-order valence-corrected chi connectivity index (χ1v) is 9.30. The average molecular weight is 425 g/mol. The van der Waals surface area contributed by atoms with Crippen LogP contribution in [0.15, 0.2) is 54.7 Å². The average Bonchev–Trinajstić information content (AvgIpc) is 2.67. The van der Waals surface area contributed by atoms with Crippen molar-refractivity contribution in [3.63, 3.8) is 0 Å². The Morgan fingerprint density at radius 2 is 1.93 bits per heavy atom. The summed E-state index contributed by atoms with van der Waals surface area (Å²) in [5, 5.41) is 3.18. The number of piperazine rings is 1. The quantitative estimate of drug-likeness (QED) is 0.701. The lowest BCUT2D eigenvalue weighted by Gasteiger charge is -2.42. The predicted molar refractivity (Wildman–Crippen MR) is 107 cm³/mol. The summed E-state index contributed by atoms with van der Waals surface area (Å²) >= 11 is 6.24. The van der Waals surface area contributed by atoms with Crippen LogP contribution in [-0.2, 0) is 6.18 Å². The number of nitrogens with one attached hydrogen (secondary N) is 1. The number of halogens is 4. The van der Waals surface area contributed by atoms with E-state index in [0.29, 0.717) is 36.2 Å². The molecule has 29 heavy (non-hydrogen) atoms. The van der Waals surface area contributed by atoms with Crippen LogP contribution in [0.1, 0.15) is 12.5 Å². The van der Waals surface area contributed by atoms with Gasteiger partial charge in [-0.1, -0.05) is 23.8 Å². The molecule has 3 rings (SSSR count). The third kappa shape index (κ3) is 4.82. The van der Waals surface area contributed by atoms with Crippen molar-refractivity contribution in [2.45, 2.75) is 19.1 Å². The minimum absolute atomic E-state index is 0.290. The van der Waals surface area contributed by atoms with Crippen molar-refractivity contribution in [3.8, 4) is 0 Å². The molecule has 1 fully saturated rings. The second-order valence-corrected chi connectivity index (χ2v) is 7.22. The SMILES string of the molecule is C=C(C)C1CN(c2ncccc2Cl)CCN1C(=O)Nc1ccc(C(F)(F)F)cc1. The van der Waals surface area contributed by atoms with Gasteiger partial charge in [0.05, 0.1) is 16.6 Å².